The predicted molar refractivity (Wildman–Crippen MR) is 53.5 cm³/mol. The van der Waals surface area contributed by atoms with E-state index in [1.807, 2.05) is 0 Å². The van der Waals surface area contributed by atoms with Gasteiger partial charge in [0.25, 0.3) is 0 Å². The number of methoxy groups -OCH3 is 1. The fourth-order valence-corrected chi connectivity index (χ4v) is 1.34. The molecular weight excluding hydrogens is 180 g/mol. The van der Waals surface area contributed by atoms with Crippen LogP contribution in [0.1, 0.15) is 6.92 Å². The molecule has 5 nitrogen and oxygen atoms in total. The van der Waals surface area contributed by atoms with Gasteiger partial charge in [0.1, 0.15) is 0 Å². The molecule has 76 valence electrons. The van der Waals surface area contributed by atoms with Gasteiger partial charge in [-0.05, 0) is 6.92 Å². The molecule has 0 radical (unpaired) electrons. The van der Waals surface area contributed by atoms with E-state index < -0.39 is 0 Å². The molecule has 0 bridgehead atoms. The monoisotopic (exact) mass is 194 g/mol. The van der Waals surface area contributed by atoms with Crippen molar-refractivity contribution >= 4 is 5.95 Å². The summed E-state index contributed by atoms with van der Waals surface area (Å²) in [5.74, 6) is 1.32. The fourth-order valence-electron chi connectivity index (χ4n) is 1.34. The van der Waals surface area contributed by atoms with Gasteiger partial charge >= 0.3 is 0 Å². The third-order valence-corrected chi connectivity index (χ3v) is 2.31. The Morgan fingerprint density at radius 2 is 2.07 bits per heavy atom. The summed E-state index contributed by atoms with van der Waals surface area (Å²) in [7, 11) is 1.60. The third-order valence-electron chi connectivity index (χ3n) is 2.31. The molecule has 14 heavy (non-hydrogen) atoms. The van der Waals surface area contributed by atoms with Crippen molar-refractivity contribution in [2.24, 2.45) is 0 Å². The first-order valence-electron chi connectivity index (χ1n) is 4.57. The largest absolute Gasteiger partial charge is 0.494 e. The molecule has 0 atom stereocenters. The Kier molecular flexibility index (Phi) is 2.25. The van der Waals surface area contributed by atoms with Gasteiger partial charge in [0.2, 0.25) is 5.95 Å². The van der Waals surface area contributed by atoms with E-state index in [0.717, 1.165) is 13.1 Å². The van der Waals surface area contributed by atoms with E-state index in [4.69, 9.17) is 4.74 Å². The zero-order chi connectivity index (χ0) is 10.0. The highest BCUT2D eigenvalue weighted by atomic mass is 16.5. The number of ether oxygens (including phenoxy) is 1. The van der Waals surface area contributed by atoms with Crippen molar-refractivity contribution < 1.29 is 4.74 Å². The molecule has 2 rings (SSSR count). The Morgan fingerprint density at radius 1 is 1.43 bits per heavy atom. The number of anilines is 1. The number of nitrogens with zero attached hydrogens (tertiary/aromatic N) is 2. The van der Waals surface area contributed by atoms with Crippen LogP contribution in [-0.2, 0) is 0 Å². The summed E-state index contributed by atoms with van der Waals surface area (Å²) in [6.45, 7) is 4.03. The molecular formula is C9H14N4O. The van der Waals surface area contributed by atoms with Crippen molar-refractivity contribution in [1.82, 2.24) is 15.3 Å². The minimum atomic E-state index is 0.0919. The quantitative estimate of drug-likeness (QED) is 0.722. The average molecular weight is 194 g/mol. The molecule has 1 fully saturated rings. The van der Waals surface area contributed by atoms with Gasteiger partial charge in [-0.15, -0.1) is 0 Å². The second kappa shape index (κ2) is 3.42. The Morgan fingerprint density at radius 3 is 2.50 bits per heavy atom. The summed E-state index contributed by atoms with van der Waals surface area (Å²) in [6, 6.07) is 0. The van der Waals surface area contributed by atoms with E-state index in [0.29, 0.717) is 11.7 Å². The second-order valence-corrected chi connectivity index (χ2v) is 3.74. The maximum absolute atomic E-state index is 4.97. The SMILES string of the molecule is COc1cnc(NC2(C)CNC2)nc1. The van der Waals surface area contributed by atoms with Crippen molar-refractivity contribution in [2.45, 2.75) is 12.5 Å². The van der Waals surface area contributed by atoms with Gasteiger partial charge in [-0.1, -0.05) is 0 Å². The maximum Gasteiger partial charge on any atom is 0.223 e. The Hall–Kier alpha value is -1.36. The summed E-state index contributed by atoms with van der Waals surface area (Å²) in [5, 5.41) is 6.47. The molecule has 1 aromatic rings. The van der Waals surface area contributed by atoms with Crippen molar-refractivity contribution in [2.75, 3.05) is 25.5 Å². The summed E-state index contributed by atoms with van der Waals surface area (Å²) in [6.07, 6.45) is 3.32. The summed E-state index contributed by atoms with van der Waals surface area (Å²) < 4.78 is 4.97. The van der Waals surface area contributed by atoms with Gasteiger partial charge in [-0.25, -0.2) is 9.97 Å². The van der Waals surface area contributed by atoms with E-state index in [1.165, 1.54) is 0 Å². The van der Waals surface area contributed by atoms with Crippen LogP contribution in [0, 0.1) is 0 Å². The number of nitrogens with one attached hydrogen (secondary N) is 2. The molecule has 1 aliphatic rings. The molecule has 1 aliphatic heterocycles. The third kappa shape index (κ3) is 1.77. The molecule has 5 heteroatoms. The summed E-state index contributed by atoms with van der Waals surface area (Å²) in [5.41, 5.74) is 0.0919. The Bertz CT molecular complexity index is 307. The van der Waals surface area contributed by atoms with Crippen LogP contribution in [0.15, 0.2) is 12.4 Å². The standard InChI is InChI=1S/C9H14N4O/c1-9(5-10-6-9)13-8-11-3-7(14-2)4-12-8/h3-4,10H,5-6H2,1-2H3,(H,11,12,13). The zero-order valence-corrected chi connectivity index (χ0v) is 8.37. The number of rotatable bonds is 3. The number of hydrogen-bond donors (Lipinski definition) is 2. The van der Waals surface area contributed by atoms with Crippen molar-refractivity contribution in [3.63, 3.8) is 0 Å². The first-order valence-corrected chi connectivity index (χ1v) is 4.57. The predicted octanol–water partition coefficient (Wildman–Crippen LogP) is 0.259. The van der Waals surface area contributed by atoms with E-state index in [1.54, 1.807) is 19.5 Å². The molecule has 0 amide bonds. The average Bonchev–Trinajstić information content (AvgIpc) is 2.17. The van der Waals surface area contributed by atoms with Gasteiger partial charge in [-0.3, -0.25) is 0 Å². The molecule has 1 saturated heterocycles. The van der Waals surface area contributed by atoms with E-state index in [-0.39, 0.29) is 5.54 Å². The molecule has 0 spiro atoms. The van der Waals surface area contributed by atoms with Gasteiger partial charge in [0.15, 0.2) is 5.75 Å². The van der Waals surface area contributed by atoms with Crippen molar-refractivity contribution in [1.29, 1.82) is 0 Å². The topological polar surface area (TPSA) is 59.1 Å². The van der Waals surface area contributed by atoms with Crippen molar-refractivity contribution in [3.05, 3.63) is 12.4 Å². The van der Waals surface area contributed by atoms with Crippen LogP contribution in [0.4, 0.5) is 5.95 Å². The van der Waals surface area contributed by atoms with Crippen LogP contribution in [0.2, 0.25) is 0 Å². The van der Waals surface area contributed by atoms with Crippen LogP contribution in [-0.4, -0.2) is 35.7 Å². The number of hydrogen-bond acceptors (Lipinski definition) is 5. The highest BCUT2D eigenvalue weighted by Crippen LogP contribution is 2.16. The highest BCUT2D eigenvalue weighted by Gasteiger charge is 2.31. The second-order valence-electron chi connectivity index (χ2n) is 3.74. The summed E-state index contributed by atoms with van der Waals surface area (Å²) >= 11 is 0. The van der Waals surface area contributed by atoms with Gasteiger partial charge in [-0.2, -0.15) is 0 Å². The van der Waals surface area contributed by atoms with E-state index in [9.17, 15) is 0 Å². The van der Waals surface area contributed by atoms with Gasteiger partial charge < -0.3 is 15.4 Å². The lowest BCUT2D eigenvalue weighted by molar-refractivity contribution is 0.336. The van der Waals surface area contributed by atoms with Crippen molar-refractivity contribution in [3.8, 4) is 5.75 Å². The fraction of sp³-hybridized carbons (Fsp3) is 0.556. The molecule has 0 aromatic carbocycles. The Balaban J connectivity index is 2.02. The number of aromatic nitrogens is 2. The lowest BCUT2D eigenvalue weighted by atomic mass is 9.96. The van der Waals surface area contributed by atoms with Gasteiger partial charge in [0, 0.05) is 13.1 Å². The maximum atomic E-state index is 4.97. The highest BCUT2D eigenvalue weighted by molar-refractivity contribution is 5.32. The molecule has 0 aliphatic carbocycles. The van der Waals surface area contributed by atoms with Crippen LogP contribution in [0.3, 0.4) is 0 Å². The molecule has 2 N–H and O–H groups in total. The Labute approximate surface area is 82.9 Å². The molecule has 0 unspecified atom stereocenters. The van der Waals surface area contributed by atoms with E-state index >= 15 is 0 Å². The smallest absolute Gasteiger partial charge is 0.223 e. The first kappa shape index (κ1) is 9.21. The minimum Gasteiger partial charge on any atom is -0.494 e. The zero-order valence-electron chi connectivity index (χ0n) is 8.37. The van der Waals surface area contributed by atoms with E-state index in [2.05, 4.69) is 27.5 Å². The lowest BCUT2D eigenvalue weighted by Crippen LogP contribution is -2.62. The minimum absolute atomic E-state index is 0.0919. The normalized spacial score (nSPS) is 18.4. The van der Waals surface area contributed by atoms with Crippen LogP contribution >= 0.6 is 0 Å². The molecule has 2 heterocycles. The van der Waals surface area contributed by atoms with Gasteiger partial charge in [0.05, 0.1) is 25.0 Å². The lowest BCUT2D eigenvalue weighted by Gasteiger charge is -2.39. The van der Waals surface area contributed by atoms with Crippen LogP contribution < -0.4 is 15.4 Å². The molecule has 0 saturated carbocycles. The first-order chi connectivity index (χ1) is 6.72. The molecule has 1 aromatic heterocycles. The van der Waals surface area contributed by atoms with Crippen LogP contribution in [0.25, 0.3) is 0 Å². The summed E-state index contributed by atoms with van der Waals surface area (Å²) in [4.78, 5) is 8.28. The van der Waals surface area contributed by atoms with Crippen LogP contribution in [0.5, 0.6) is 5.75 Å².